The lowest BCUT2D eigenvalue weighted by Crippen LogP contribution is -2.42. The molecule has 0 amide bonds. The lowest BCUT2D eigenvalue weighted by Gasteiger charge is -2.30. The first-order valence-corrected chi connectivity index (χ1v) is 12.5. The normalized spacial score (nSPS) is 18.6. The molecule has 0 saturated carbocycles. The van der Waals surface area contributed by atoms with Crippen LogP contribution in [0, 0.1) is 0 Å². The number of aldehydes is 1. The Morgan fingerprint density at radius 2 is 2.06 bits per heavy atom. The minimum Gasteiger partial charge on any atom is -0.493 e. The van der Waals surface area contributed by atoms with Crippen LogP contribution in [-0.2, 0) is 16.4 Å². The Hall–Kier alpha value is -1.94. The lowest BCUT2D eigenvalue weighted by atomic mass is 10.1. The number of sulfone groups is 1. The first-order chi connectivity index (χ1) is 14.8. The van der Waals surface area contributed by atoms with Gasteiger partial charge in [0.15, 0.2) is 21.3 Å². The number of hydrogen-bond donors (Lipinski definition) is 1. The molecule has 168 valence electrons. The second-order valence-electron chi connectivity index (χ2n) is 7.61. The summed E-state index contributed by atoms with van der Waals surface area (Å²) in [5, 5.41) is 10.6. The molecule has 2 aromatic carbocycles. The highest BCUT2D eigenvalue weighted by atomic mass is 79.9. The molecule has 3 rings (SSSR count). The fourth-order valence-corrected chi connectivity index (χ4v) is 5.87. The molecule has 1 saturated heterocycles. The summed E-state index contributed by atoms with van der Waals surface area (Å²) in [4.78, 5) is 12.9. The van der Waals surface area contributed by atoms with Crippen molar-refractivity contribution >= 4 is 32.1 Å². The van der Waals surface area contributed by atoms with Gasteiger partial charge in [-0.2, -0.15) is 0 Å². The van der Waals surface area contributed by atoms with Gasteiger partial charge in [0, 0.05) is 29.2 Å². The van der Waals surface area contributed by atoms with Gasteiger partial charge in [-0.3, -0.25) is 9.69 Å². The topological polar surface area (TPSA) is 93.1 Å². The summed E-state index contributed by atoms with van der Waals surface area (Å²) in [6, 6.07) is 12.5. The van der Waals surface area contributed by atoms with E-state index in [0.717, 1.165) is 16.3 Å². The molecule has 31 heavy (non-hydrogen) atoms. The summed E-state index contributed by atoms with van der Waals surface area (Å²) in [5.41, 5.74) is 1.49. The molecule has 7 nitrogen and oxygen atoms in total. The molecular weight excluding hydrogens is 486 g/mol. The third-order valence-electron chi connectivity index (χ3n) is 5.20. The molecule has 0 aromatic heterocycles. The number of carbonyl (C=O) groups is 1. The van der Waals surface area contributed by atoms with E-state index < -0.39 is 15.9 Å². The van der Waals surface area contributed by atoms with Crippen molar-refractivity contribution in [2.75, 3.05) is 31.8 Å². The van der Waals surface area contributed by atoms with Gasteiger partial charge in [-0.25, -0.2) is 8.42 Å². The first kappa shape index (κ1) is 23.7. The summed E-state index contributed by atoms with van der Waals surface area (Å²) < 4.78 is 35.9. The summed E-state index contributed by atoms with van der Waals surface area (Å²) in [5.74, 6) is 1.09. The average Bonchev–Trinajstić information content (AvgIpc) is 3.11. The zero-order valence-corrected chi connectivity index (χ0v) is 19.6. The number of aliphatic hydroxyl groups excluding tert-OH is 1. The number of nitrogens with zero attached hydrogens (tertiary/aromatic N) is 1. The van der Waals surface area contributed by atoms with Crippen molar-refractivity contribution in [3.63, 3.8) is 0 Å². The van der Waals surface area contributed by atoms with Crippen molar-refractivity contribution < 1.29 is 27.8 Å². The van der Waals surface area contributed by atoms with Crippen LogP contribution in [0.5, 0.6) is 11.5 Å². The van der Waals surface area contributed by atoms with Crippen LogP contribution in [0.4, 0.5) is 0 Å². The van der Waals surface area contributed by atoms with E-state index in [1.807, 2.05) is 29.2 Å². The predicted molar refractivity (Wildman–Crippen MR) is 121 cm³/mol. The number of benzene rings is 2. The van der Waals surface area contributed by atoms with Gasteiger partial charge in [0.1, 0.15) is 19.0 Å². The van der Waals surface area contributed by atoms with Crippen LogP contribution in [0.15, 0.2) is 46.9 Å². The predicted octanol–water partition coefficient (Wildman–Crippen LogP) is 2.70. The molecule has 2 unspecified atom stereocenters. The molecule has 1 heterocycles. The zero-order valence-electron chi connectivity index (χ0n) is 17.2. The Labute approximate surface area is 191 Å². The molecular formula is C22H26BrNO6S. The minimum atomic E-state index is -3.06. The second-order valence-corrected chi connectivity index (χ2v) is 10.8. The highest BCUT2D eigenvalue weighted by Crippen LogP contribution is 2.28. The van der Waals surface area contributed by atoms with Crippen molar-refractivity contribution in [1.82, 2.24) is 4.90 Å². The molecule has 2 atom stereocenters. The third kappa shape index (κ3) is 6.77. The van der Waals surface area contributed by atoms with Gasteiger partial charge in [-0.15, -0.1) is 0 Å². The van der Waals surface area contributed by atoms with E-state index in [1.54, 1.807) is 18.2 Å². The average molecular weight is 512 g/mol. The van der Waals surface area contributed by atoms with E-state index in [-0.39, 0.29) is 30.7 Å². The molecule has 2 aromatic rings. The smallest absolute Gasteiger partial charge is 0.161 e. The van der Waals surface area contributed by atoms with Crippen LogP contribution in [0.2, 0.25) is 0 Å². The van der Waals surface area contributed by atoms with Crippen LogP contribution in [0.3, 0.4) is 0 Å². The Morgan fingerprint density at radius 1 is 1.26 bits per heavy atom. The Balaban J connectivity index is 1.68. The monoisotopic (exact) mass is 511 g/mol. The highest BCUT2D eigenvalue weighted by Gasteiger charge is 2.33. The number of carbonyl (C=O) groups excluding carboxylic acids is 1. The van der Waals surface area contributed by atoms with E-state index >= 15 is 0 Å². The van der Waals surface area contributed by atoms with Gasteiger partial charge in [0.25, 0.3) is 0 Å². The summed E-state index contributed by atoms with van der Waals surface area (Å²) in [7, 11) is -1.58. The van der Waals surface area contributed by atoms with Crippen molar-refractivity contribution in [2.45, 2.75) is 25.1 Å². The molecule has 1 aliphatic heterocycles. The quantitative estimate of drug-likeness (QED) is 0.490. The van der Waals surface area contributed by atoms with Crippen LogP contribution in [0.25, 0.3) is 0 Å². The number of ether oxygens (including phenoxy) is 2. The summed E-state index contributed by atoms with van der Waals surface area (Å²) in [6.07, 6.45) is 0.424. The van der Waals surface area contributed by atoms with Gasteiger partial charge in [0.05, 0.1) is 18.6 Å². The Morgan fingerprint density at radius 3 is 2.71 bits per heavy atom. The van der Waals surface area contributed by atoms with E-state index in [9.17, 15) is 18.3 Å². The molecule has 1 N–H and O–H groups in total. The Bertz CT molecular complexity index is 1010. The number of rotatable bonds is 10. The molecule has 9 heteroatoms. The molecule has 0 radical (unpaired) electrons. The van der Waals surface area contributed by atoms with Gasteiger partial charge in [-0.1, -0.05) is 28.1 Å². The maximum absolute atomic E-state index is 12.0. The number of hydrogen-bond acceptors (Lipinski definition) is 7. The number of aliphatic hydroxyl groups is 1. The lowest BCUT2D eigenvalue weighted by molar-refractivity contribution is 0.0517. The van der Waals surface area contributed by atoms with E-state index in [4.69, 9.17) is 9.47 Å². The van der Waals surface area contributed by atoms with E-state index in [0.29, 0.717) is 30.0 Å². The third-order valence-corrected chi connectivity index (χ3v) is 7.44. The van der Waals surface area contributed by atoms with Gasteiger partial charge in [0.2, 0.25) is 0 Å². The molecule has 0 bridgehead atoms. The number of halogens is 1. The maximum Gasteiger partial charge on any atom is 0.161 e. The van der Waals surface area contributed by atoms with E-state index in [1.165, 1.54) is 7.11 Å². The summed E-state index contributed by atoms with van der Waals surface area (Å²) >= 11 is 3.46. The van der Waals surface area contributed by atoms with Crippen molar-refractivity contribution in [3.8, 4) is 11.5 Å². The molecule has 1 fully saturated rings. The SMILES string of the molecule is COc1cc(C=O)ccc1OCC(O)CN(Cc1cccc(Br)c1)C1CCS(=O)(=O)C1. The van der Waals surface area contributed by atoms with Crippen LogP contribution in [0.1, 0.15) is 22.3 Å². The van der Waals surface area contributed by atoms with Gasteiger partial charge >= 0.3 is 0 Å². The van der Waals surface area contributed by atoms with Gasteiger partial charge < -0.3 is 14.6 Å². The first-order valence-electron chi connectivity index (χ1n) is 9.92. The maximum atomic E-state index is 12.0. The van der Waals surface area contributed by atoms with Gasteiger partial charge in [-0.05, 0) is 42.3 Å². The second kappa shape index (κ2) is 10.6. The van der Waals surface area contributed by atoms with E-state index in [2.05, 4.69) is 15.9 Å². The zero-order chi connectivity index (χ0) is 22.4. The van der Waals surface area contributed by atoms with Crippen LogP contribution < -0.4 is 9.47 Å². The Kier molecular flexibility index (Phi) is 8.10. The van der Waals surface area contributed by atoms with Crippen molar-refractivity contribution in [2.24, 2.45) is 0 Å². The minimum absolute atomic E-state index is 0.00521. The highest BCUT2D eigenvalue weighted by molar-refractivity contribution is 9.10. The molecule has 0 spiro atoms. The van der Waals surface area contributed by atoms with Crippen LogP contribution >= 0.6 is 15.9 Å². The van der Waals surface area contributed by atoms with Crippen molar-refractivity contribution in [1.29, 1.82) is 0 Å². The standard InChI is InChI=1S/C22H26BrNO6S/c1-29-22-10-17(13-25)5-6-21(22)30-14-20(26)12-24(19-7-8-31(27,28)15-19)11-16-3-2-4-18(23)9-16/h2-6,9-10,13,19-20,26H,7-8,11-12,14-15H2,1H3. The summed E-state index contributed by atoms with van der Waals surface area (Å²) in [6.45, 7) is 0.792. The fourth-order valence-electron chi connectivity index (χ4n) is 3.66. The van der Waals surface area contributed by atoms with Crippen molar-refractivity contribution in [3.05, 3.63) is 58.1 Å². The van der Waals surface area contributed by atoms with Crippen LogP contribution in [-0.4, -0.2) is 68.6 Å². The molecule has 0 aliphatic carbocycles. The fraction of sp³-hybridized carbons (Fsp3) is 0.409. The largest absolute Gasteiger partial charge is 0.493 e. The number of methoxy groups -OCH3 is 1. The molecule has 1 aliphatic rings.